The number of rotatable bonds is 10. The van der Waals surface area contributed by atoms with Crippen molar-refractivity contribution in [3.05, 3.63) is 12.7 Å². The number of carbonyl (C=O) groups is 1. The van der Waals surface area contributed by atoms with Crippen molar-refractivity contribution in [1.29, 1.82) is 0 Å². The molecule has 100 valence electrons. The van der Waals surface area contributed by atoms with Gasteiger partial charge in [-0.3, -0.25) is 4.79 Å². The summed E-state index contributed by atoms with van der Waals surface area (Å²) in [6.07, 6.45) is 7.83. The van der Waals surface area contributed by atoms with E-state index in [1.165, 1.54) is 0 Å². The SMILES string of the molecule is C=CCC(CCCC)C(=O)OCC(CC)CC. The molecule has 0 amide bonds. The standard InChI is InChI=1S/C15H28O2/c1-5-9-11-14(10-6-2)15(16)17-12-13(7-3)8-4/h6,13-14H,2,5,7-12H2,1,3-4H3. The number of hydrogen-bond donors (Lipinski definition) is 0. The molecule has 0 heterocycles. The zero-order valence-corrected chi connectivity index (χ0v) is 11.7. The molecule has 0 aromatic heterocycles. The lowest BCUT2D eigenvalue weighted by atomic mass is 9.98. The van der Waals surface area contributed by atoms with Gasteiger partial charge in [0.1, 0.15) is 0 Å². The lowest BCUT2D eigenvalue weighted by Crippen LogP contribution is -2.20. The van der Waals surface area contributed by atoms with Crippen LogP contribution in [0.4, 0.5) is 0 Å². The second-order valence-electron chi connectivity index (χ2n) is 4.68. The molecule has 0 fully saturated rings. The number of allylic oxidation sites excluding steroid dienone is 1. The van der Waals surface area contributed by atoms with Gasteiger partial charge in [0.15, 0.2) is 0 Å². The van der Waals surface area contributed by atoms with Gasteiger partial charge in [-0.2, -0.15) is 0 Å². The predicted octanol–water partition coefficient (Wildman–Crippen LogP) is 4.35. The van der Waals surface area contributed by atoms with Crippen molar-refractivity contribution in [2.75, 3.05) is 6.61 Å². The Labute approximate surface area is 106 Å². The number of ether oxygens (including phenoxy) is 1. The predicted molar refractivity (Wildman–Crippen MR) is 72.9 cm³/mol. The molecule has 0 spiro atoms. The van der Waals surface area contributed by atoms with E-state index in [4.69, 9.17) is 4.74 Å². The lowest BCUT2D eigenvalue weighted by molar-refractivity contribution is -0.150. The molecule has 0 saturated carbocycles. The molecule has 0 radical (unpaired) electrons. The van der Waals surface area contributed by atoms with Crippen LogP contribution in [0, 0.1) is 11.8 Å². The first-order valence-corrected chi connectivity index (χ1v) is 6.96. The number of hydrogen-bond acceptors (Lipinski definition) is 2. The largest absolute Gasteiger partial charge is 0.465 e. The monoisotopic (exact) mass is 240 g/mol. The minimum absolute atomic E-state index is 0.0156. The van der Waals surface area contributed by atoms with Gasteiger partial charge in [0, 0.05) is 0 Å². The van der Waals surface area contributed by atoms with Gasteiger partial charge in [0.05, 0.1) is 12.5 Å². The van der Waals surface area contributed by atoms with Crippen molar-refractivity contribution in [2.45, 2.75) is 59.3 Å². The summed E-state index contributed by atoms with van der Waals surface area (Å²) >= 11 is 0. The molecule has 0 saturated heterocycles. The molecule has 0 bridgehead atoms. The van der Waals surface area contributed by atoms with Crippen molar-refractivity contribution in [1.82, 2.24) is 0 Å². The summed E-state index contributed by atoms with van der Waals surface area (Å²) in [5, 5.41) is 0. The third-order valence-corrected chi connectivity index (χ3v) is 3.31. The fourth-order valence-corrected chi connectivity index (χ4v) is 1.83. The van der Waals surface area contributed by atoms with Crippen molar-refractivity contribution >= 4 is 5.97 Å². The van der Waals surface area contributed by atoms with Gasteiger partial charge in [-0.25, -0.2) is 0 Å². The molecule has 0 aliphatic heterocycles. The van der Waals surface area contributed by atoms with E-state index < -0.39 is 0 Å². The summed E-state index contributed by atoms with van der Waals surface area (Å²) in [7, 11) is 0. The summed E-state index contributed by atoms with van der Waals surface area (Å²) in [6, 6.07) is 0. The smallest absolute Gasteiger partial charge is 0.309 e. The van der Waals surface area contributed by atoms with Crippen LogP contribution in [0.2, 0.25) is 0 Å². The molecule has 0 N–H and O–H groups in total. The van der Waals surface area contributed by atoms with Crippen LogP contribution in [-0.2, 0) is 9.53 Å². The molecule has 1 unspecified atom stereocenters. The van der Waals surface area contributed by atoms with E-state index in [0.29, 0.717) is 12.5 Å². The maximum absolute atomic E-state index is 11.9. The van der Waals surface area contributed by atoms with Gasteiger partial charge in [-0.05, 0) is 18.8 Å². The molecular formula is C15H28O2. The van der Waals surface area contributed by atoms with Crippen molar-refractivity contribution in [2.24, 2.45) is 11.8 Å². The van der Waals surface area contributed by atoms with E-state index >= 15 is 0 Å². The van der Waals surface area contributed by atoms with Gasteiger partial charge in [-0.15, -0.1) is 6.58 Å². The van der Waals surface area contributed by atoms with Gasteiger partial charge < -0.3 is 4.74 Å². The Morgan fingerprint density at radius 3 is 2.41 bits per heavy atom. The minimum atomic E-state index is -0.0368. The summed E-state index contributed by atoms with van der Waals surface area (Å²) in [6.45, 7) is 10.7. The van der Waals surface area contributed by atoms with Crippen LogP contribution in [0.5, 0.6) is 0 Å². The average molecular weight is 240 g/mol. The zero-order valence-electron chi connectivity index (χ0n) is 11.7. The Morgan fingerprint density at radius 2 is 1.94 bits per heavy atom. The van der Waals surface area contributed by atoms with Gasteiger partial charge in [0.25, 0.3) is 0 Å². The van der Waals surface area contributed by atoms with Crippen molar-refractivity contribution < 1.29 is 9.53 Å². The van der Waals surface area contributed by atoms with Crippen LogP contribution in [-0.4, -0.2) is 12.6 Å². The highest BCUT2D eigenvalue weighted by molar-refractivity contribution is 5.72. The van der Waals surface area contributed by atoms with E-state index in [9.17, 15) is 4.79 Å². The molecular weight excluding hydrogens is 212 g/mol. The first-order valence-electron chi connectivity index (χ1n) is 6.96. The lowest BCUT2D eigenvalue weighted by Gasteiger charge is -2.17. The van der Waals surface area contributed by atoms with Crippen LogP contribution in [0.15, 0.2) is 12.7 Å². The topological polar surface area (TPSA) is 26.3 Å². The Hall–Kier alpha value is -0.790. The highest BCUT2D eigenvalue weighted by atomic mass is 16.5. The Morgan fingerprint density at radius 1 is 1.29 bits per heavy atom. The summed E-state index contributed by atoms with van der Waals surface area (Å²) in [4.78, 5) is 11.9. The number of esters is 1. The second kappa shape index (κ2) is 10.4. The molecule has 2 nitrogen and oxygen atoms in total. The van der Waals surface area contributed by atoms with Crippen LogP contribution in [0.1, 0.15) is 59.3 Å². The van der Waals surface area contributed by atoms with E-state index in [1.54, 1.807) is 0 Å². The van der Waals surface area contributed by atoms with Crippen LogP contribution < -0.4 is 0 Å². The average Bonchev–Trinajstić information content (AvgIpc) is 2.35. The molecule has 2 heteroatoms. The Kier molecular flexibility index (Phi) is 9.89. The van der Waals surface area contributed by atoms with Crippen molar-refractivity contribution in [3.63, 3.8) is 0 Å². The molecule has 0 aliphatic carbocycles. The number of unbranched alkanes of at least 4 members (excludes halogenated alkanes) is 1. The Balaban J connectivity index is 4.07. The molecule has 0 rings (SSSR count). The minimum Gasteiger partial charge on any atom is -0.465 e. The molecule has 0 aromatic rings. The van der Waals surface area contributed by atoms with Crippen molar-refractivity contribution in [3.8, 4) is 0 Å². The van der Waals surface area contributed by atoms with E-state index in [2.05, 4.69) is 27.4 Å². The zero-order chi connectivity index (χ0) is 13.1. The summed E-state index contributed by atoms with van der Waals surface area (Å²) < 4.78 is 5.41. The third kappa shape index (κ3) is 7.19. The van der Waals surface area contributed by atoms with Crippen LogP contribution in [0.3, 0.4) is 0 Å². The first kappa shape index (κ1) is 16.2. The van der Waals surface area contributed by atoms with E-state index in [1.807, 2.05) is 6.08 Å². The van der Waals surface area contributed by atoms with Gasteiger partial charge in [0.2, 0.25) is 0 Å². The maximum atomic E-state index is 11.9. The van der Waals surface area contributed by atoms with E-state index in [-0.39, 0.29) is 11.9 Å². The van der Waals surface area contributed by atoms with Gasteiger partial charge in [-0.1, -0.05) is 52.5 Å². The van der Waals surface area contributed by atoms with Gasteiger partial charge >= 0.3 is 5.97 Å². The van der Waals surface area contributed by atoms with Crippen LogP contribution >= 0.6 is 0 Å². The molecule has 0 aromatic carbocycles. The highest BCUT2D eigenvalue weighted by Crippen LogP contribution is 2.17. The fraction of sp³-hybridized carbons (Fsp3) is 0.800. The third-order valence-electron chi connectivity index (χ3n) is 3.31. The van der Waals surface area contributed by atoms with Crippen LogP contribution in [0.25, 0.3) is 0 Å². The summed E-state index contributed by atoms with van der Waals surface area (Å²) in [5.74, 6) is 0.488. The molecule has 0 aliphatic rings. The quantitative estimate of drug-likeness (QED) is 0.419. The maximum Gasteiger partial charge on any atom is 0.309 e. The normalized spacial score (nSPS) is 12.5. The number of carbonyl (C=O) groups excluding carboxylic acids is 1. The second-order valence-corrected chi connectivity index (χ2v) is 4.68. The summed E-state index contributed by atoms with van der Waals surface area (Å²) in [5.41, 5.74) is 0. The Bertz CT molecular complexity index is 207. The highest BCUT2D eigenvalue weighted by Gasteiger charge is 2.18. The fourth-order valence-electron chi connectivity index (χ4n) is 1.83. The van der Waals surface area contributed by atoms with E-state index in [0.717, 1.165) is 38.5 Å². The molecule has 17 heavy (non-hydrogen) atoms. The molecule has 1 atom stereocenters. The first-order chi connectivity index (χ1) is 8.19.